The monoisotopic (exact) mass is 647 g/mol. The largest absolute Gasteiger partial charge is 0.496 e. The van der Waals surface area contributed by atoms with Gasteiger partial charge in [0.2, 0.25) is 17.7 Å². The molecule has 1 aromatic carbocycles. The van der Waals surface area contributed by atoms with Gasteiger partial charge in [-0.25, -0.2) is 4.79 Å². The van der Waals surface area contributed by atoms with Crippen molar-refractivity contribution in [3.8, 4) is 0 Å². The van der Waals surface area contributed by atoms with Gasteiger partial charge in [-0.3, -0.25) is 14.4 Å². The Morgan fingerprint density at radius 3 is 2.24 bits per heavy atom. The molecular weight excluding hydrogens is 594 g/mol. The van der Waals surface area contributed by atoms with E-state index in [4.69, 9.17) is 4.74 Å². The second kappa shape index (κ2) is 20.0. The summed E-state index contributed by atoms with van der Waals surface area (Å²) in [5.41, 5.74) is 0.956. The van der Waals surface area contributed by atoms with E-state index >= 15 is 0 Å². The molecule has 0 radical (unpaired) electrons. The molecule has 252 valence electrons. The van der Waals surface area contributed by atoms with Crippen LogP contribution in [0.15, 0.2) is 42.7 Å². The van der Waals surface area contributed by atoms with Gasteiger partial charge in [-0.2, -0.15) is 11.8 Å². The quantitative estimate of drug-likeness (QED) is 0.135. The van der Waals surface area contributed by atoms with Crippen LogP contribution in [0.1, 0.15) is 65.9 Å². The van der Waals surface area contributed by atoms with Crippen molar-refractivity contribution in [1.82, 2.24) is 26.6 Å². The summed E-state index contributed by atoms with van der Waals surface area (Å²) in [6.45, 7) is 10.1. The van der Waals surface area contributed by atoms with Crippen molar-refractivity contribution < 1.29 is 29.0 Å². The molecule has 0 spiro atoms. The van der Waals surface area contributed by atoms with Crippen LogP contribution in [0.4, 0.5) is 4.79 Å². The summed E-state index contributed by atoms with van der Waals surface area (Å²) in [7, 11) is 0. The van der Waals surface area contributed by atoms with Gasteiger partial charge in [0.15, 0.2) is 0 Å². The summed E-state index contributed by atoms with van der Waals surface area (Å²) in [6, 6.07) is 6.89. The minimum absolute atomic E-state index is 0.0821. The number of carbonyl (C=O) groups excluding carboxylic acids is 4. The lowest BCUT2D eigenvalue weighted by Crippen LogP contribution is -2.55. The predicted octanol–water partition coefficient (Wildman–Crippen LogP) is 3.09. The molecule has 0 fully saturated rings. The highest BCUT2D eigenvalue weighted by atomic mass is 32.2. The summed E-state index contributed by atoms with van der Waals surface area (Å²) >= 11 is 1.56. The Morgan fingerprint density at radius 1 is 0.933 bits per heavy atom. The summed E-state index contributed by atoms with van der Waals surface area (Å²) in [6.07, 6.45) is 5.95. The molecular formula is C33H53N5O6S. The first-order chi connectivity index (χ1) is 21.4. The topological polar surface area (TPSA) is 158 Å². The van der Waals surface area contributed by atoms with Crippen LogP contribution in [-0.4, -0.2) is 77.7 Å². The molecule has 1 aliphatic heterocycles. The van der Waals surface area contributed by atoms with Gasteiger partial charge in [-0.15, -0.1) is 0 Å². The van der Waals surface area contributed by atoms with Gasteiger partial charge >= 0.3 is 6.03 Å². The summed E-state index contributed by atoms with van der Waals surface area (Å²) in [4.78, 5) is 52.1. The molecule has 12 heteroatoms. The predicted molar refractivity (Wildman–Crippen MR) is 178 cm³/mol. The lowest BCUT2D eigenvalue weighted by molar-refractivity contribution is -0.132. The molecule has 1 aliphatic rings. The Bertz CT molecular complexity index is 1090. The number of nitrogens with one attached hydrogen (secondary N) is 5. The van der Waals surface area contributed by atoms with Gasteiger partial charge in [-0.1, -0.05) is 65.0 Å². The maximum atomic E-state index is 13.4. The van der Waals surface area contributed by atoms with Gasteiger partial charge in [0.05, 0.1) is 25.0 Å². The van der Waals surface area contributed by atoms with Crippen LogP contribution in [0.2, 0.25) is 0 Å². The lowest BCUT2D eigenvalue weighted by atomic mass is 9.91. The second-order valence-corrected chi connectivity index (χ2v) is 13.4. The fraction of sp³-hybridized carbons (Fsp3) is 0.636. The molecule has 1 unspecified atom stereocenters. The number of benzene rings is 1. The van der Waals surface area contributed by atoms with Crippen LogP contribution in [0.25, 0.3) is 0 Å². The second-order valence-electron chi connectivity index (χ2n) is 12.4. The smallest absolute Gasteiger partial charge is 0.315 e. The van der Waals surface area contributed by atoms with E-state index in [-0.39, 0.29) is 36.2 Å². The molecule has 5 amide bonds. The van der Waals surface area contributed by atoms with E-state index in [1.54, 1.807) is 24.9 Å². The summed E-state index contributed by atoms with van der Waals surface area (Å²) in [5, 5.41) is 25.4. The Morgan fingerprint density at radius 2 is 1.64 bits per heavy atom. The Balaban J connectivity index is 1.98. The van der Waals surface area contributed by atoms with Gasteiger partial charge < -0.3 is 36.4 Å². The highest BCUT2D eigenvalue weighted by Gasteiger charge is 2.31. The minimum atomic E-state index is -1.02. The molecule has 1 heterocycles. The third-order valence-electron chi connectivity index (χ3n) is 7.61. The molecule has 11 nitrogen and oxygen atoms in total. The van der Waals surface area contributed by atoms with Crippen molar-refractivity contribution in [3.05, 3.63) is 48.2 Å². The molecule has 1 aromatic rings. The number of thioether (sulfide) groups is 1. The van der Waals surface area contributed by atoms with E-state index in [0.717, 1.165) is 5.56 Å². The number of carbonyl (C=O) groups is 4. The molecule has 6 N–H and O–H groups in total. The molecule has 2 rings (SSSR count). The van der Waals surface area contributed by atoms with E-state index in [1.165, 1.54) is 0 Å². The zero-order chi connectivity index (χ0) is 33.4. The van der Waals surface area contributed by atoms with Gasteiger partial charge in [0, 0.05) is 18.9 Å². The number of aliphatic hydroxyl groups is 1. The number of rotatable bonds is 19. The third-order valence-corrected chi connectivity index (χ3v) is 8.25. The van der Waals surface area contributed by atoms with E-state index in [1.807, 2.05) is 70.4 Å². The van der Waals surface area contributed by atoms with E-state index < -0.39 is 42.1 Å². The SMILES string of the molecule is CSCC[C@H](NC(=O)NCC1CC=CO1)C(=O)N[C@@H](CC(C)C)[C@@H](O)C[C@@H](C)C(=O)N[C@H](C(=O)NCc1ccccc1)C(C)C. The Hall–Kier alpha value is -3.25. The zero-order valence-corrected chi connectivity index (χ0v) is 28.3. The maximum absolute atomic E-state index is 13.4. The average Bonchev–Trinajstić information content (AvgIpc) is 3.53. The molecule has 0 saturated heterocycles. The van der Waals surface area contributed by atoms with Gasteiger partial charge in [0.1, 0.15) is 18.2 Å². The standard InChI is InChI=1S/C33H53N5O6S/c1-21(2)17-27(36-31(41)26(14-16-45-6)37-33(43)35-20-25-13-10-15-44-25)28(39)18-23(5)30(40)38-29(22(3)4)32(42)34-19-24-11-8-7-9-12-24/h7-12,15,21-23,25-29,39H,13-14,16-20H2,1-6H3,(H,34,42)(H,36,41)(H,38,40)(H2,35,37,43)/t23-,25?,26+,27+,28+,29+/m1/s1. The van der Waals surface area contributed by atoms with Crippen LogP contribution >= 0.6 is 11.8 Å². The van der Waals surface area contributed by atoms with Crippen molar-refractivity contribution in [3.63, 3.8) is 0 Å². The maximum Gasteiger partial charge on any atom is 0.315 e. The van der Waals surface area contributed by atoms with Crippen molar-refractivity contribution in [2.24, 2.45) is 17.8 Å². The number of aliphatic hydroxyl groups excluding tert-OH is 1. The fourth-order valence-electron chi connectivity index (χ4n) is 4.94. The van der Waals surface area contributed by atoms with Gasteiger partial charge in [0.25, 0.3) is 0 Å². The zero-order valence-electron chi connectivity index (χ0n) is 27.5. The lowest BCUT2D eigenvalue weighted by Gasteiger charge is -2.30. The number of amides is 5. The van der Waals surface area contributed by atoms with E-state index in [0.29, 0.717) is 38.1 Å². The molecule has 0 saturated carbocycles. The number of ether oxygens (including phenoxy) is 1. The molecule has 0 aliphatic carbocycles. The third kappa shape index (κ3) is 14.2. The fourth-order valence-corrected chi connectivity index (χ4v) is 5.42. The highest BCUT2D eigenvalue weighted by Crippen LogP contribution is 2.17. The summed E-state index contributed by atoms with van der Waals surface area (Å²) in [5.74, 6) is -1.00. The number of hydrogen-bond donors (Lipinski definition) is 6. The first-order valence-corrected chi connectivity index (χ1v) is 17.2. The van der Waals surface area contributed by atoms with E-state index in [9.17, 15) is 24.3 Å². The number of urea groups is 1. The van der Waals surface area contributed by atoms with Crippen molar-refractivity contribution in [2.45, 2.75) is 97.2 Å². The van der Waals surface area contributed by atoms with Gasteiger partial charge in [-0.05, 0) is 54.7 Å². The van der Waals surface area contributed by atoms with Crippen LogP contribution in [-0.2, 0) is 25.7 Å². The normalized spacial score (nSPS) is 17.5. The Labute approximate surface area is 272 Å². The number of hydrogen-bond acceptors (Lipinski definition) is 7. The van der Waals surface area contributed by atoms with Crippen molar-refractivity contribution in [2.75, 3.05) is 18.6 Å². The first kappa shape index (κ1) is 37.9. The first-order valence-electron chi connectivity index (χ1n) is 15.8. The van der Waals surface area contributed by atoms with Crippen LogP contribution in [0, 0.1) is 17.8 Å². The van der Waals surface area contributed by atoms with Crippen LogP contribution < -0.4 is 26.6 Å². The van der Waals surface area contributed by atoms with Crippen molar-refractivity contribution >= 4 is 35.5 Å². The molecule has 45 heavy (non-hydrogen) atoms. The minimum Gasteiger partial charge on any atom is -0.496 e. The van der Waals surface area contributed by atoms with E-state index in [2.05, 4.69) is 26.6 Å². The van der Waals surface area contributed by atoms with Crippen LogP contribution in [0.3, 0.4) is 0 Å². The highest BCUT2D eigenvalue weighted by molar-refractivity contribution is 7.98. The van der Waals surface area contributed by atoms with Crippen LogP contribution in [0.5, 0.6) is 0 Å². The average molecular weight is 648 g/mol. The molecule has 0 aromatic heterocycles. The Kier molecular flexibility index (Phi) is 16.9. The molecule has 6 atom stereocenters. The van der Waals surface area contributed by atoms with Crippen molar-refractivity contribution in [1.29, 1.82) is 0 Å². The summed E-state index contributed by atoms with van der Waals surface area (Å²) < 4.78 is 5.38. The molecule has 0 bridgehead atoms.